The van der Waals surface area contributed by atoms with Gasteiger partial charge in [0.25, 0.3) is 0 Å². The minimum absolute atomic E-state index is 0.00572. The molecule has 0 saturated carbocycles. The smallest absolute Gasteiger partial charge is 0.158 e. The van der Waals surface area contributed by atoms with Crippen molar-refractivity contribution in [2.24, 2.45) is 5.92 Å². The monoisotopic (exact) mass is 327 g/mol. The molecule has 7 heteroatoms. The average Bonchev–Trinajstić information content (AvgIpc) is 2.80. The van der Waals surface area contributed by atoms with Gasteiger partial charge in [-0.25, -0.2) is 8.42 Å². The highest BCUT2D eigenvalue weighted by atomic mass is 35.5. The summed E-state index contributed by atoms with van der Waals surface area (Å²) in [6, 6.07) is 6.63. The van der Waals surface area contributed by atoms with E-state index in [4.69, 9.17) is 16.3 Å². The first kappa shape index (κ1) is 15.8. The molecule has 0 N–H and O–H groups in total. The van der Waals surface area contributed by atoms with Gasteiger partial charge in [-0.1, -0.05) is 11.6 Å². The third-order valence-electron chi connectivity index (χ3n) is 3.55. The van der Waals surface area contributed by atoms with E-state index in [1.807, 2.05) is 6.07 Å². The molecule has 1 heterocycles. The number of ketones is 1. The topological polar surface area (TPSA) is 84.2 Å². The Morgan fingerprint density at radius 1 is 1.52 bits per heavy atom. The maximum absolute atomic E-state index is 12.5. The van der Waals surface area contributed by atoms with Gasteiger partial charge in [-0.15, -0.1) is 0 Å². The number of nitrogens with zero attached hydrogens (tertiary/aromatic N) is 1. The van der Waals surface area contributed by atoms with E-state index in [-0.39, 0.29) is 23.7 Å². The zero-order valence-electron chi connectivity index (χ0n) is 11.4. The van der Waals surface area contributed by atoms with Gasteiger partial charge in [0.2, 0.25) is 0 Å². The standard InChI is InChI=1S/C14H14ClNO4S/c1-20-13-3-2-10(15)6-11(13)12(7-16)14(17)9-4-5-21(18,19)8-9/h2-3,6,9,12H,4-5,8H2,1H3. The van der Waals surface area contributed by atoms with Gasteiger partial charge in [0, 0.05) is 16.5 Å². The molecule has 0 spiro atoms. The van der Waals surface area contributed by atoms with Crippen LogP contribution in [0.2, 0.25) is 5.02 Å². The summed E-state index contributed by atoms with van der Waals surface area (Å²) >= 11 is 5.91. The van der Waals surface area contributed by atoms with Crippen LogP contribution in [0.4, 0.5) is 0 Å². The summed E-state index contributed by atoms with van der Waals surface area (Å²) in [6.45, 7) is 0. The van der Waals surface area contributed by atoms with Gasteiger partial charge in [0.1, 0.15) is 11.7 Å². The van der Waals surface area contributed by atoms with E-state index in [1.54, 1.807) is 12.1 Å². The summed E-state index contributed by atoms with van der Waals surface area (Å²) in [5, 5.41) is 9.72. The summed E-state index contributed by atoms with van der Waals surface area (Å²) in [7, 11) is -1.74. The number of halogens is 1. The summed E-state index contributed by atoms with van der Waals surface area (Å²) < 4.78 is 28.1. The van der Waals surface area contributed by atoms with Crippen molar-refractivity contribution in [3.63, 3.8) is 0 Å². The van der Waals surface area contributed by atoms with Crippen molar-refractivity contribution in [2.75, 3.05) is 18.6 Å². The minimum Gasteiger partial charge on any atom is -0.496 e. The lowest BCUT2D eigenvalue weighted by Crippen LogP contribution is -2.22. The Balaban J connectivity index is 2.35. The summed E-state index contributed by atoms with van der Waals surface area (Å²) in [5.74, 6) is -1.90. The summed E-state index contributed by atoms with van der Waals surface area (Å²) in [4.78, 5) is 12.5. The number of carbonyl (C=O) groups is 1. The number of benzene rings is 1. The molecular formula is C14H14ClNO4S. The predicted octanol–water partition coefficient (Wildman–Crippen LogP) is 1.96. The zero-order valence-corrected chi connectivity index (χ0v) is 12.9. The molecule has 0 radical (unpaired) electrons. The first-order chi connectivity index (χ1) is 9.88. The molecule has 2 rings (SSSR count). The molecule has 0 amide bonds. The lowest BCUT2D eigenvalue weighted by atomic mass is 9.87. The fraction of sp³-hybridized carbons (Fsp3) is 0.429. The Morgan fingerprint density at radius 2 is 2.24 bits per heavy atom. The lowest BCUT2D eigenvalue weighted by molar-refractivity contribution is -0.122. The number of rotatable bonds is 4. The van der Waals surface area contributed by atoms with Crippen molar-refractivity contribution in [3.05, 3.63) is 28.8 Å². The molecule has 2 atom stereocenters. The highest BCUT2D eigenvalue weighted by Gasteiger charge is 2.37. The van der Waals surface area contributed by atoms with Crippen LogP contribution in [-0.2, 0) is 14.6 Å². The lowest BCUT2D eigenvalue weighted by Gasteiger charge is -2.16. The van der Waals surface area contributed by atoms with Crippen LogP contribution < -0.4 is 4.74 Å². The third kappa shape index (κ3) is 3.36. The van der Waals surface area contributed by atoms with Crippen LogP contribution in [-0.4, -0.2) is 32.8 Å². The molecular weight excluding hydrogens is 314 g/mol. The Morgan fingerprint density at radius 3 is 2.76 bits per heavy atom. The van der Waals surface area contributed by atoms with Gasteiger partial charge in [0.05, 0.1) is 24.7 Å². The molecule has 0 aliphatic carbocycles. The molecule has 1 aliphatic rings. The SMILES string of the molecule is COc1ccc(Cl)cc1C(C#N)C(=O)C1CCS(=O)(=O)C1. The largest absolute Gasteiger partial charge is 0.496 e. The zero-order chi connectivity index (χ0) is 15.6. The first-order valence-corrected chi connectivity index (χ1v) is 8.55. The van der Waals surface area contributed by atoms with E-state index in [0.717, 1.165) is 0 Å². The van der Waals surface area contributed by atoms with Gasteiger partial charge in [0.15, 0.2) is 15.6 Å². The first-order valence-electron chi connectivity index (χ1n) is 6.35. The number of carbonyl (C=O) groups excluding carboxylic acids is 1. The molecule has 112 valence electrons. The Bertz CT molecular complexity index is 708. The van der Waals surface area contributed by atoms with Crippen molar-refractivity contribution in [3.8, 4) is 11.8 Å². The third-order valence-corrected chi connectivity index (χ3v) is 5.55. The number of methoxy groups -OCH3 is 1. The fourth-order valence-electron chi connectivity index (χ4n) is 2.47. The molecule has 21 heavy (non-hydrogen) atoms. The predicted molar refractivity (Wildman–Crippen MR) is 78.1 cm³/mol. The van der Waals surface area contributed by atoms with Crippen molar-refractivity contribution in [1.82, 2.24) is 0 Å². The maximum Gasteiger partial charge on any atom is 0.158 e. The summed E-state index contributed by atoms with van der Waals surface area (Å²) in [6.07, 6.45) is 0.266. The Labute approximate surface area is 128 Å². The highest BCUT2D eigenvalue weighted by molar-refractivity contribution is 7.91. The molecule has 0 bridgehead atoms. The second kappa shape index (κ2) is 6.04. The molecule has 1 aliphatic heterocycles. The average molecular weight is 328 g/mol. The number of ether oxygens (including phenoxy) is 1. The van der Waals surface area contributed by atoms with Crippen LogP contribution in [0.1, 0.15) is 17.9 Å². The van der Waals surface area contributed by atoms with Gasteiger partial charge < -0.3 is 4.74 Å². The van der Waals surface area contributed by atoms with E-state index in [1.165, 1.54) is 13.2 Å². The molecule has 2 unspecified atom stereocenters. The number of nitriles is 1. The fourth-order valence-corrected chi connectivity index (χ4v) is 4.41. The minimum atomic E-state index is -3.18. The number of Topliss-reactive ketones (excluding diaryl/α,β-unsaturated/α-hetero) is 1. The van der Waals surface area contributed by atoms with E-state index in [2.05, 4.69) is 0 Å². The quantitative estimate of drug-likeness (QED) is 0.844. The normalized spacial score (nSPS) is 21.5. The van der Waals surface area contributed by atoms with Crippen molar-refractivity contribution < 1.29 is 17.9 Å². The molecule has 0 aromatic heterocycles. The van der Waals surface area contributed by atoms with Crippen molar-refractivity contribution in [1.29, 1.82) is 5.26 Å². The Hall–Kier alpha value is -1.58. The van der Waals surface area contributed by atoms with E-state index < -0.39 is 21.7 Å². The second-order valence-electron chi connectivity index (χ2n) is 4.95. The summed E-state index contributed by atoms with van der Waals surface area (Å²) in [5.41, 5.74) is 0.377. The molecule has 1 aromatic carbocycles. The van der Waals surface area contributed by atoms with Crippen molar-refractivity contribution in [2.45, 2.75) is 12.3 Å². The maximum atomic E-state index is 12.5. The van der Waals surface area contributed by atoms with Gasteiger partial charge in [-0.05, 0) is 24.6 Å². The van der Waals surface area contributed by atoms with Crippen LogP contribution in [0.5, 0.6) is 5.75 Å². The van der Waals surface area contributed by atoms with Crippen LogP contribution >= 0.6 is 11.6 Å². The van der Waals surface area contributed by atoms with Crippen LogP contribution in [0.25, 0.3) is 0 Å². The van der Waals surface area contributed by atoms with E-state index in [9.17, 15) is 18.5 Å². The molecule has 1 fully saturated rings. The second-order valence-corrected chi connectivity index (χ2v) is 7.62. The van der Waals surface area contributed by atoms with E-state index >= 15 is 0 Å². The van der Waals surface area contributed by atoms with Gasteiger partial charge >= 0.3 is 0 Å². The number of hydrogen-bond donors (Lipinski definition) is 0. The van der Waals surface area contributed by atoms with Gasteiger partial charge in [-0.2, -0.15) is 5.26 Å². The molecule has 1 saturated heterocycles. The molecule has 1 aromatic rings. The molecule has 5 nitrogen and oxygen atoms in total. The van der Waals surface area contributed by atoms with Crippen molar-refractivity contribution >= 4 is 27.2 Å². The van der Waals surface area contributed by atoms with Crippen LogP contribution in [0.15, 0.2) is 18.2 Å². The number of hydrogen-bond acceptors (Lipinski definition) is 5. The van der Waals surface area contributed by atoms with Crippen LogP contribution in [0.3, 0.4) is 0 Å². The number of sulfone groups is 1. The van der Waals surface area contributed by atoms with Crippen LogP contribution in [0, 0.1) is 17.2 Å². The Kier molecular flexibility index (Phi) is 4.55. The highest BCUT2D eigenvalue weighted by Crippen LogP contribution is 2.33. The van der Waals surface area contributed by atoms with E-state index in [0.29, 0.717) is 16.3 Å². The van der Waals surface area contributed by atoms with Gasteiger partial charge in [-0.3, -0.25) is 4.79 Å².